The van der Waals surface area contributed by atoms with Crippen LogP contribution in [-0.2, 0) is 12.8 Å². The first-order valence-electron chi connectivity index (χ1n) is 10.1. The molecule has 28 heavy (non-hydrogen) atoms. The minimum atomic E-state index is 0.360. The maximum Gasteiger partial charge on any atom is 0.158 e. The van der Waals surface area contributed by atoms with Crippen molar-refractivity contribution in [3.05, 3.63) is 52.2 Å². The van der Waals surface area contributed by atoms with Crippen molar-refractivity contribution in [2.75, 3.05) is 5.43 Å². The van der Waals surface area contributed by atoms with E-state index in [0.717, 1.165) is 29.1 Å². The molecular weight excluding hydrogens is 364 g/mol. The lowest BCUT2D eigenvalue weighted by Gasteiger charge is -2.36. The van der Waals surface area contributed by atoms with Gasteiger partial charge in [0.05, 0.1) is 11.6 Å². The van der Waals surface area contributed by atoms with Crippen LogP contribution >= 0.6 is 11.3 Å². The highest BCUT2D eigenvalue weighted by molar-refractivity contribution is 7.19. The third-order valence-electron chi connectivity index (χ3n) is 6.32. The SMILES string of the molecule is CCC(C)(C)[C@H]1CCc2sc3ncnc(N/N=C\c4ccc(C)cc4)c3c2C1. The predicted molar refractivity (Wildman–Crippen MR) is 119 cm³/mol. The molecule has 1 N–H and O–H groups in total. The van der Waals surface area contributed by atoms with Crippen molar-refractivity contribution in [2.45, 2.75) is 53.4 Å². The maximum absolute atomic E-state index is 4.55. The zero-order chi connectivity index (χ0) is 19.7. The summed E-state index contributed by atoms with van der Waals surface area (Å²) in [5.41, 5.74) is 7.29. The molecule has 146 valence electrons. The van der Waals surface area contributed by atoms with Crippen molar-refractivity contribution >= 4 is 33.6 Å². The standard InChI is InChI=1S/C23H28N4S/c1-5-23(3,4)17-10-11-19-18(12-17)20-21(24-14-25-22(20)28-19)27-26-13-16-8-6-15(2)7-9-16/h6-9,13-14,17H,5,10-12H2,1-4H3,(H,24,25,27)/b26-13-/t17-/m0/s1. The Morgan fingerprint density at radius 1 is 1.25 bits per heavy atom. The second kappa shape index (κ2) is 7.63. The molecule has 2 aromatic heterocycles. The van der Waals surface area contributed by atoms with Gasteiger partial charge in [0.2, 0.25) is 0 Å². The van der Waals surface area contributed by atoms with Gasteiger partial charge in [-0.2, -0.15) is 5.10 Å². The first-order valence-corrected chi connectivity index (χ1v) is 10.9. The van der Waals surface area contributed by atoms with Crippen LogP contribution in [0.1, 0.15) is 55.2 Å². The topological polar surface area (TPSA) is 50.2 Å². The van der Waals surface area contributed by atoms with E-state index < -0.39 is 0 Å². The summed E-state index contributed by atoms with van der Waals surface area (Å²) in [6.45, 7) is 9.19. The van der Waals surface area contributed by atoms with Gasteiger partial charge in [0.1, 0.15) is 11.2 Å². The highest BCUT2D eigenvalue weighted by Gasteiger charge is 2.33. The average molecular weight is 393 g/mol. The normalized spacial score (nSPS) is 17.2. The summed E-state index contributed by atoms with van der Waals surface area (Å²) in [5, 5.41) is 5.61. The Labute approximate surface area is 171 Å². The molecule has 0 bridgehead atoms. The van der Waals surface area contributed by atoms with Crippen molar-refractivity contribution in [3.8, 4) is 0 Å². The fraction of sp³-hybridized carbons (Fsp3) is 0.435. The molecule has 3 aromatic rings. The summed E-state index contributed by atoms with van der Waals surface area (Å²) >= 11 is 1.82. The highest BCUT2D eigenvalue weighted by atomic mass is 32.1. The molecule has 0 saturated heterocycles. The van der Waals surface area contributed by atoms with E-state index in [-0.39, 0.29) is 0 Å². The van der Waals surface area contributed by atoms with Crippen LogP contribution in [0.3, 0.4) is 0 Å². The molecule has 0 amide bonds. The number of anilines is 1. The Morgan fingerprint density at radius 3 is 2.79 bits per heavy atom. The molecular formula is C23H28N4S. The molecule has 0 spiro atoms. The van der Waals surface area contributed by atoms with Crippen LogP contribution in [0, 0.1) is 18.3 Å². The number of fused-ring (bicyclic) bond motifs is 3. The van der Waals surface area contributed by atoms with E-state index in [1.165, 1.54) is 34.2 Å². The quantitative estimate of drug-likeness (QED) is 0.429. The van der Waals surface area contributed by atoms with Gasteiger partial charge >= 0.3 is 0 Å². The smallest absolute Gasteiger partial charge is 0.158 e. The number of thiophene rings is 1. The van der Waals surface area contributed by atoms with E-state index in [4.69, 9.17) is 0 Å². The molecule has 0 fully saturated rings. The number of rotatable bonds is 5. The second-order valence-electron chi connectivity index (χ2n) is 8.47. The third-order valence-corrected chi connectivity index (χ3v) is 7.52. The van der Waals surface area contributed by atoms with E-state index in [1.807, 2.05) is 17.6 Å². The number of nitrogens with one attached hydrogen (secondary N) is 1. The monoisotopic (exact) mass is 392 g/mol. The van der Waals surface area contributed by atoms with Crippen LogP contribution in [0.4, 0.5) is 5.82 Å². The molecule has 2 heterocycles. The first-order chi connectivity index (χ1) is 13.5. The van der Waals surface area contributed by atoms with Crippen molar-refractivity contribution in [3.63, 3.8) is 0 Å². The van der Waals surface area contributed by atoms with E-state index in [9.17, 15) is 0 Å². The zero-order valence-corrected chi connectivity index (χ0v) is 17.9. The largest absolute Gasteiger partial charge is 0.261 e. The van der Waals surface area contributed by atoms with E-state index in [1.54, 1.807) is 6.33 Å². The first kappa shape index (κ1) is 19.1. The number of aromatic nitrogens is 2. The summed E-state index contributed by atoms with van der Waals surface area (Å²) in [7, 11) is 0. The van der Waals surface area contributed by atoms with Gasteiger partial charge in [-0.05, 0) is 48.6 Å². The Morgan fingerprint density at radius 2 is 2.04 bits per heavy atom. The van der Waals surface area contributed by atoms with Crippen LogP contribution < -0.4 is 5.43 Å². The van der Waals surface area contributed by atoms with Crippen molar-refractivity contribution in [1.29, 1.82) is 0 Å². The molecule has 4 rings (SSSR count). The minimum Gasteiger partial charge on any atom is -0.261 e. The van der Waals surface area contributed by atoms with Crippen LogP contribution in [0.5, 0.6) is 0 Å². The Balaban J connectivity index is 1.63. The van der Waals surface area contributed by atoms with E-state index >= 15 is 0 Å². The average Bonchev–Trinajstić information content (AvgIpc) is 3.08. The fourth-order valence-electron chi connectivity index (χ4n) is 3.97. The lowest BCUT2D eigenvalue weighted by molar-refractivity contribution is 0.184. The molecule has 0 saturated carbocycles. The molecule has 1 aromatic carbocycles. The highest BCUT2D eigenvalue weighted by Crippen LogP contribution is 2.45. The van der Waals surface area contributed by atoms with E-state index in [2.05, 4.69) is 72.5 Å². The van der Waals surface area contributed by atoms with E-state index in [0.29, 0.717) is 11.3 Å². The summed E-state index contributed by atoms with van der Waals surface area (Å²) in [5.74, 6) is 1.52. The van der Waals surface area contributed by atoms with Gasteiger partial charge < -0.3 is 0 Å². The fourth-order valence-corrected chi connectivity index (χ4v) is 5.15. The summed E-state index contributed by atoms with van der Waals surface area (Å²) < 4.78 is 0. The number of hydrazone groups is 1. The maximum atomic E-state index is 4.55. The predicted octanol–water partition coefficient (Wildman–Crippen LogP) is 5.99. The summed E-state index contributed by atoms with van der Waals surface area (Å²) in [6, 6.07) is 8.32. The Kier molecular flexibility index (Phi) is 5.19. The lowest BCUT2D eigenvalue weighted by atomic mass is 9.69. The molecule has 1 atom stereocenters. The van der Waals surface area contributed by atoms with Gasteiger partial charge in [-0.15, -0.1) is 11.3 Å². The van der Waals surface area contributed by atoms with Crippen molar-refractivity contribution < 1.29 is 0 Å². The summed E-state index contributed by atoms with van der Waals surface area (Å²) in [4.78, 5) is 11.6. The third kappa shape index (κ3) is 3.68. The minimum absolute atomic E-state index is 0.360. The molecule has 1 aliphatic rings. The Hall–Kier alpha value is -2.27. The van der Waals surface area contributed by atoms with Crippen LogP contribution in [0.2, 0.25) is 0 Å². The molecule has 0 radical (unpaired) electrons. The van der Waals surface area contributed by atoms with Gasteiger partial charge in [-0.1, -0.05) is 57.0 Å². The second-order valence-corrected chi connectivity index (χ2v) is 9.55. The van der Waals surface area contributed by atoms with Gasteiger partial charge in [0, 0.05) is 4.88 Å². The number of benzene rings is 1. The number of aryl methyl sites for hydroxylation is 2. The van der Waals surface area contributed by atoms with Crippen molar-refractivity contribution in [2.24, 2.45) is 16.4 Å². The molecule has 4 nitrogen and oxygen atoms in total. The van der Waals surface area contributed by atoms with Gasteiger partial charge in [0.15, 0.2) is 5.82 Å². The molecule has 5 heteroatoms. The lowest BCUT2D eigenvalue weighted by Crippen LogP contribution is -2.28. The number of hydrogen-bond acceptors (Lipinski definition) is 5. The number of hydrogen-bond donors (Lipinski definition) is 1. The van der Waals surface area contributed by atoms with Gasteiger partial charge in [-0.25, -0.2) is 9.97 Å². The molecule has 1 aliphatic carbocycles. The van der Waals surface area contributed by atoms with Crippen LogP contribution in [0.15, 0.2) is 35.7 Å². The van der Waals surface area contributed by atoms with Gasteiger partial charge in [0.25, 0.3) is 0 Å². The van der Waals surface area contributed by atoms with Crippen LogP contribution in [-0.4, -0.2) is 16.2 Å². The zero-order valence-electron chi connectivity index (χ0n) is 17.1. The number of nitrogens with zero attached hydrogens (tertiary/aromatic N) is 3. The van der Waals surface area contributed by atoms with Gasteiger partial charge in [-0.3, -0.25) is 5.43 Å². The molecule has 0 unspecified atom stereocenters. The van der Waals surface area contributed by atoms with Crippen LogP contribution in [0.25, 0.3) is 10.2 Å². The van der Waals surface area contributed by atoms with Crippen molar-refractivity contribution in [1.82, 2.24) is 9.97 Å². The molecule has 0 aliphatic heterocycles. The Bertz CT molecular complexity index is 1000. The summed E-state index contributed by atoms with van der Waals surface area (Å²) in [6.07, 6.45) is 8.22.